The Kier molecular flexibility index (Phi) is 5.11. The van der Waals surface area contributed by atoms with Crippen LogP contribution in [0, 0.1) is 0 Å². The molecule has 6 aromatic heterocycles. The lowest BCUT2D eigenvalue weighted by atomic mass is 9.97. The minimum Gasteiger partial charge on any atom is -0.309 e. The fraction of sp³-hybridized carbons (Fsp3) is 0.0250. The number of pyridine rings is 3. The molecule has 0 N–H and O–H groups in total. The van der Waals surface area contributed by atoms with Crippen molar-refractivity contribution in [2.45, 2.75) is 6.42 Å². The van der Waals surface area contributed by atoms with Crippen molar-refractivity contribution in [1.29, 1.82) is 0 Å². The SMILES string of the molecule is C=C1CC=Cc2c1c1cnccc1n2-c1cc(-n2c3ccccc3c3ccncc32)cc(-n2c3ccccc3c3ncccc32)c1. The summed E-state index contributed by atoms with van der Waals surface area (Å²) in [5.74, 6) is 0. The normalized spacial score (nSPS) is 13.1. The van der Waals surface area contributed by atoms with Crippen molar-refractivity contribution >= 4 is 66.3 Å². The summed E-state index contributed by atoms with van der Waals surface area (Å²) in [5, 5.41) is 4.61. The maximum Gasteiger partial charge on any atom is 0.0963 e. The lowest BCUT2D eigenvalue weighted by Crippen LogP contribution is -2.05. The largest absolute Gasteiger partial charge is 0.309 e. The maximum atomic E-state index is 4.82. The van der Waals surface area contributed by atoms with E-state index in [0.29, 0.717) is 0 Å². The van der Waals surface area contributed by atoms with E-state index in [1.165, 1.54) is 16.3 Å². The van der Waals surface area contributed by atoms with E-state index in [9.17, 15) is 0 Å². The Bertz CT molecular complexity index is 2510. The number of benzene rings is 3. The fourth-order valence-electron chi connectivity index (χ4n) is 7.50. The molecule has 0 amide bonds. The monoisotopic (exact) mass is 590 g/mol. The van der Waals surface area contributed by atoms with Crippen LogP contribution in [-0.4, -0.2) is 28.7 Å². The van der Waals surface area contributed by atoms with E-state index in [0.717, 1.165) is 78.6 Å². The molecule has 216 valence electrons. The first-order chi connectivity index (χ1) is 22.8. The summed E-state index contributed by atoms with van der Waals surface area (Å²) in [4.78, 5) is 13.9. The molecule has 10 rings (SSSR count). The molecular formula is C40H26N6. The molecule has 1 aliphatic rings. The molecule has 0 spiro atoms. The number of para-hydroxylation sites is 2. The number of nitrogens with zero attached hydrogens (tertiary/aromatic N) is 6. The zero-order chi connectivity index (χ0) is 30.4. The summed E-state index contributed by atoms with van der Waals surface area (Å²) in [6.07, 6.45) is 14.8. The highest BCUT2D eigenvalue weighted by molar-refractivity contribution is 6.10. The predicted molar refractivity (Wildman–Crippen MR) is 188 cm³/mol. The molecule has 0 fully saturated rings. The first-order valence-electron chi connectivity index (χ1n) is 15.4. The highest BCUT2D eigenvalue weighted by Crippen LogP contribution is 2.41. The molecule has 6 heterocycles. The summed E-state index contributed by atoms with van der Waals surface area (Å²) in [6, 6.07) is 32.4. The molecule has 0 saturated carbocycles. The van der Waals surface area contributed by atoms with Gasteiger partial charge in [-0.3, -0.25) is 15.0 Å². The van der Waals surface area contributed by atoms with Crippen LogP contribution in [0.2, 0.25) is 0 Å². The third-order valence-corrected chi connectivity index (χ3v) is 9.36. The molecule has 6 nitrogen and oxygen atoms in total. The van der Waals surface area contributed by atoms with Crippen LogP contribution in [0.15, 0.2) is 135 Å². The summed E-state index contributed by atoms with van der Waals surface area (Å²) in [6.45, 7) is 4.45. The Labute approximate surface area is 263 Å². The minimum atomic E-state index is 0.828. The highest BCUT2D eigenvalue weighted by Gasteiger charge is 2.23. The number of rotatable bonds is 3. The van der Waals surface area contributed by atoms with Gasteiger partial charge in [-0.25, -0.2) is 0 Å². The number of aromatic nitrogens is 6. The van der Waals surface area contributed by atoms with Crippen molar-refractivity contribution in [2.24, 2.45) is 0 Å². The van der Waals surface area contributed by atoms with Crippen molar-refractivity contribution < 1.29 is 0 Å². The van der Waals surface area contributed by atoms with Gasteiger partial charge in [0.15, 0.2) is 0 Å². The average molecular weight is 591 g/mol. The van der Waals surface area contributed by atoms with Gasteiger partial charge in [-0.2, -0.15) is 0 Å². The van der Waals surface area contributed by atoms with Crippen LogP contribution in [0.3, 0.4) is 0 Å². The first kappa shape index (κ1) is 25.1. The predicted octanol–water partition coefficient (Wildman–Crippen LogP) is 9.44. The fourth-order valence-corrected chi connectivity index (χ4v) is 7.50. The molecule has 0 bridgehead atoms. The summed E-state index contributed by atoms with van der Waals surface area (Å²) < 4.78 is 7.04. The molecule has 3 aromatic carbocycles. The molecule has 1 aliphatic carbocycles. The van der Waals surface area contributed by atoms with Crippen molar-refractivity contribution in [2.75, 3.05) is 0 Å². The number of hydrogen-bond donors (Lipinski definition) is 0. The lowest BCUT2D eigenvalue weighted by molar-refractivity contribution is 1.06. The molecule has 0 aliphatic heterocycles. The van der Waals surface area contributed by atoms with Gasteiger partial charge < -0.3 is 13.7 Å². The Morgan fingerprint density at radius 3 is 2.02 bits per heavy atom. The van der Waals surface area contributed by atoms with Crippen molar-refractivity contribution in [3.8, 4) is 17.1 Å². The highest BCUT2D eigenvalue weighted by atomic mass is 15.1. The van der Waals surface area contributed by atoms with Crippen LogP contribution in [0.4, 0.5) is 0 Å². The molecule has 0 saturated heterocycles. The minimum absolute atomic E-state index is 0.828. The zero-order valence-corrected chi connectivity index (χ0v) is 24.8. The second-order valence-electron chi connectivity index (χ2n) is 11.9. The third-order valence-electron chi connectivity index (χ3n) is 9.36. The van der Waals surface area contributed by atoms with Crippen molar-refractivity contribution in [3.63, 3.8) is 0 Å². The molecule has 0 unspecified atom stereocenters. The van der Waals surface area contributed by atoms with Gasteiger partial charge >= 0.3 is 0 Å². The van der Waals surface area contributed by atoms with E-state index in [1.807, 2.05) is 37.1 Å². The number of hydrogen-bond acceptors (Lipinski definition) is 3. The Morgan fingerprint density at radius 2 is 1.17 bits per heavy atom. The smallest absolute Gasteiger partial charge is 0.0963 e. The van der Waals surface area contributed by atoms with Crippen LogP contribution in [0.1, 0.15) is 17.7 Å². The first-order valence-corrected chi connectivity index (χ1v) is 15.4. The van der Waals surface area contributed by atoms with Gasteiger partial charge in [0.25, 0.3) is 0 Å². The van der Waals surface area contributed by atoms with Gasteiger partial charge in [-0.05, 0) is 72.7 Å². The van der Waals surface area contributed by atoms with Crippen LogP contribution in [0.5, 0.6) is 0 Å². The quantitative estimate of drug-likeness (QED) is 0.206. The molecule has 0 radical (unpaired) electrons. The molecule has 0 atom stereocenters. The lowest BCUT2D eigenvalue weighted by Gasteiger charge is -2.18. The van der Waals surface area contributed by atoms with E-state index in [1.54, 1.807) is 0 Å². The maximum absolute atomic E-state index is 4.82. The average Bonchev–Trinajstić information content (AvgIpc) is 3.74. The standard InChI is InChI=1S/C40H26N6/c1-25-8-6-13-36-39(25)32-23-41-19-16-35(32)44(36)26-20-27(45-34-12-5-3-10-31(34)40-37(45)14-7-17-43-40)22-28(21-26)46-33-11-4-2-9-29(33)30-15-18-42-24-38(30)46/h2-7,9-24H,1,8H2. The van der Waals surface area contributed by atoms with Crippen LogP contribution in [-0.2, 0) is 0 Å². The summed E-state index contributed by atoms with van der Waals surface area (Å²) in [5.41, 5.74) is 13.0. The Balaban J connectivity index is 1.37. The van der Waals surface area contributed by atoms with E-state index in [2.05, 4.69) is 127 Å². The Morgan fingerprint density at radius 1 is 0.543 bits per heavy atom. The van der Waals surface area contributed by atoms with Crippen molar-refractivity contribution in [3.05, 3.63) is 146 Å². The van der Waals surface area contributed by atoms with Crippen LogP contribution < -0.4 is 0 Å². The van der Waals surface area contributed by atoms with Gasteiger partial charge in [0.1, 0.15) is 0 Å². The number of allylic oxidation sites excluding steroid dienone is 2. The van der Waals surface area contributed by atoms with Gasteiger partial charge in [0.2, 0.25) is 0 Å². The van der Waals surface area contributed by atoms with Crippen LogP contribution in [0.25, 0.3) is 83.4 Å². The Hall–Kier alpha value is -6.27. The second-order valence-corrected chi connectivity index (χ2v) is 11.9. The van der Waals surface area contributed by atoms with Gasteiger partial charge in [-0.15, -0.1) is 0 Å². The van der Waals surface area contributed by atoms with Gasteiger partial charge in [-0.1, -0.05) is 49.1 Å². The van der Waals surface area contributed by atoms with E-state index in [4.69, 9.17) is 4.98 Å². The third kappa shape index (κ3) is 3.38. The zero-order valence-electron chi connectivity index (χ0n) is 24.8. The molecule has 46 heavy (non-hydrogen) atoms. The summed E-state index contributed by atoms with van der Waals surface area (Å²) in [7, 11) is 0. The van der Waals surface area contributed by atoms with Crippen molar-refractivity contribution in [1.82, 2.24) is 28.7 Å². The number of fused-ring (bicyclic) bond motifs is 9. The van der Waals surface area contributed by atoms with Crippen LogP contribution >= 0.6 is 0 Å². The second kappa shape index (κ2) is 9.36. The summed E-state index contributed by atoms with van der Waals surface area (Å²) >= 11 is 0. The van der Waals surface area contributed by atoms with Gasteiger partial charge in [0.05, 0.1) is 62.1 Å². The topological polar surface area (TPSA) is 53.5 Å². The van der Waals surface area contributed by atoms with Gasteiger partial charge in [0, 0.05) is 51.9 Å². The van der Waals surface area contributed by atoms with E-state index < -0.39 is 0 Å². The van der Waals surface area contributed by atoms with E-state index >= 15 is 0 Å². The van der Waals surface area contributed by atoms with E-state index in [-0.39, 0.29) is 0 Å². The molecule has 9 aromatic rings. The molecule has 6 heteroatoms. The molecular weight excluding hydrogens is 564 g/mol.